The molecule has 1 N–H and O–H groups in total. The fraction of sp³-hybridized carbons (Fsp3) is 0.176. The number of anilines is 1. The molecular weight excluding hydrogens is 365 g/mol. The summed E-state index contributed by atoms with van der Waals surface area (Å²) in [6, 6.07) is 14.0. The van der Waals surface area contributed by atoms with Crippen molar-refractivity contribution in [1.29, 1.82) is 5.26 Å². The lowest BCUT2D eigenvalue weighted by molar-refractivity contribution is 0.214. The van der Waals surface area contributed by atoms with Gasteiger partial charge in [0.25, 0.3) is 0 Å². The van der Waals surface area contributed by atoms with Gasteiger partial charge in [0.1, 0.15) is 5.37 Å². The molecule has 24 heavy (non-hydrogen) atoms. The molecule has 0 unspecified atom stereocenters. The smallest absolute Gasteiger partial charge is 0.308 e. The fourth-order valence-corrected chi connectivity index (χ4v) is 4.37. The van der Waals surface area contributed by atoms with Crippen LogP contribution in [-0.2, 0) is 0 Å². The minimum absolute atomic E-state index is 0.158. The van der Waals surface area contributed by atoms with Gasteiger partial charge in [0.15, 0.2) is 0 Å². The van der Waals surface area contributed by atoms with E-state index in [2.05, 4.69) is 11.4 Å². The SMILES string of the molecule is N#Cc1cccc(NC(=O)N2CCS[C@@H]2c2ccc(Cl)cc2Cl)c1. The molecule has 1 saturated heterocycles. The largest absolute Gasteiger partial charge is 0.323 e. The first kappa shape index (κ1) is 17.0. The van der Waals surface area contributed by atoms with Crippen molar-refractivity contribution in [3.05, 3.63) is 63.6 Å². The van der Waals surface area contributed by atoms with Crippen LogP contribution >= 0.6 is 35.0 Å². The zero-order valence-corrected chi connectivity index (χ0v) is 14.8. The van der Waals surface area contributed by atoms with Gasteiger partial charge in [0.2, 0.25) is 0 Å². The second-order valence-electron chi connectivity index (χ2n) is 5.21. The van der Waals surface area contributed by atoms with Crippen molar-refractivity contribution in [3.8, 4) is 6.07 Å². The average molecular weight is 378 g/mol. The number of nitrogens with zero attached hydrogens (tertiary/aromatic N) is 2. The van der Waals surface area contributed by atoms with E-state index >= 15 is 0 Å². The molecule has 2 aromatic carbocycles. The Kier molecular flexibility index (Phi) is 5.20. The number of halogens is 2. The number of carbonyl (C=O) groups is 1. The second kappa shape index (κ2) is 7.35. The first-order chi connectivity index (χ1) is 11.6. The minimum Gasteiger partial charge on any atom is -0.308 e. The van der Waals surface area contributed by atoms with E-state index < -0.39 is 0 Å². The van der Waals surface area contributed by atoms with Gasteiger partial charge in [-0.3, -0.25) is 0 Å². The molecule has 1 fully saturated rings. The lowest BCUT2D eigenvalue weighted by Gasteiger charge is -2.25. The second-order valence-corrected chi connectivity index (χ2v) is 7.24. The first-order valence-electron chi connectivity index (χ1n) is 7.23. The molecule has 0 radical (unpaired) electrons. The van der Waals surface area contributed by atoms with Crippen molar-refractivity contribution < 1.29 is 4.79 Å². The summed E-state index contributed by atoms with van der Waals surface area (Å²) in [4.78, 5) is 14.4. The highest BCUT2D eigenvalue weighted by molar-refractivity contribution is 7.99. The molecule has 0 saturated carbocycles. The maximum absolute atomic E-state index is 12.6. The van der Waals surface area contributed by atoms with Crippen LogP contribution in [0.3, 0.4) is 0 Å². The molecule has 0 spiro atoms. The van der Waals surface area contributed by atoms with Crippen molar-refractivity contribution in [2.45, 2.75) is 5.37 Å². The highest BCUT2D eigenvalue weighted by Crippen LogP contribution is 2.41. The molecule has 1 aliphatic rings. The third-order valence-corrected chi connectivity index (χ3v) is 5.43. The number of thioether (sulfide) groups is 1. The van der Waals surface area contributed by atoms with Crippen LogP contribution in [0.15, 0.2) is 42.5 Å². The van der Waals surface area contributed by atoms with Crippen LogP contribution in [0.2, 0.25) is 10.0 Å². The van der Waals surface area contributed by atoms with E-state index in [0.717, 1.165) is 11.3 Å². The molecule has 1 aliphatic heterocycles. The van der Waals surface area contributed by atoms with Gasteiger partial charge >= 0.3 is 6.03 Å². The summed E-state index contributed by atoms with van der Waals surface area (Å²) < 4.78 is 0. The van der Waals surface area contributed by atoms with Crippen molar-refractivity contribution in [3.63, 3.8) is 0 Å². The molecule has 7 heteroatoms. The zero-order valence-electron chi connectivity index (χ0n) is 12.5. The van der Waals surface area contributed by atoms with E-state index in [4.69, 9.17) is 28.5 Å². The number of hydrogen-bond acceptors (Lipinski definition) is 3. The number of nitrogens with one attached hydrogen (secondary N) is 1. The quantitative estimate of drug-likeness (QED) is 0.787. The van der Waals surface area contributed by atoms with Crippen molar-refractivity contribution in [2.75, 3.05) is 17.6 Å². The average Bonchev–Trinajstić information content (AvgIpc) is 3.04. The molecule has 3 rings (SSSR count). The third-order valence-electron chi connectivity index (χ3n) is 3.62. The third kappa shape index (κ3) is 3.62. The van der Waals surface area contributed by atoms with Gasteiger partial charge in [0.05, 0.1) is 11.6 Å². The van der Waals surface area contributed by atoms with Gasteiger partial charge in [0, 0.05) is 33.6 Å². The molecule has 0 bridgehead atoms. The lowest BCUT2D eigenvalue weighted by Crippen LogP contribution is -2.34. The molecule has 0 aliphatic carbocycles. The Bertz CT molecular complexity index is 822. The van der Waals surface area contributed by atoms with Crippen LogP contribution < -0.4 is 5.32 Å². The van der Waals surface area contributed by atoms with E-state index in [-0.39, 0.29) is 11.4 Å². The molecule has 2 amide bonds. The van der Waals surface area contributed by atoms with Gasteiger partial charge in [-0.25, -0.2) is 4.79 Å². The number of hydrogen-bond donors (Lipinski definition) is 1. The monoisotopic (exact) mass is 377 g/mol. The van der Waals surface area contributed by atoms with E-state index in [0.29, 0.717) is 27.8 Å². The van der Waals surface area contributed by atoms with Crippen LogP contribution in [0.1, 0.15) is 16.5 Å². The Hall–Kier alpha value is -1.87. The Morgan fingerprint density at radius 1 is 1.29 bits per heavy atom. The Morgan fingerprint density at radius 2 is 2.12 bits per heavy atom. The number of nitriles is 1. The summed E-state index contributed by atoms with van der Waals surface area (Å²) in [5.41, 5.74) is 1.96. The number of rotatable bonds is 2. The lowest BCUT2D eigenvalue weighted by atomic mass is 10.2. The molecule has 122 valence electrons. The van der Waals surface area contributed by atoms with E-state index in [9.17, 15) is 4.79 Å². The summed E-state index contributed by atoms with van der Waals surface area (Å²) >= 11 is 13.9. The first-order valence-corrected chi connectivity index (χ1v) is 9.03. The summed E-state index contributed by atoms with van der Waals surface area (Å²) in [6.07, 6.45) is 0. The summed E-state index contributed by atoms with van der Waals surface area (Å²) in [6.45, 7) is 0.623. The van der Waals surface area contributed by atoms with Crippen LogP contribution in [0.4, 0.5) is 10.5 Å². The Balaban J connectivity index is 1.79. The van der Waals surface area contributed by atoms with Crippen molar-refractivity contribution in [1.82, 2.24) is 4.90 Å². The molecule has 1 heterocycles. The zero-order chi connectivity index (χ0) is 17.1. The van der Waals surface area contributed by atoms with Crippen molar-refractivity contribution in [2.24, 2.45) is 0 Å². The van der Waals surface area contributed by atoms with Crippen LogP contribution in [0.25, 0.3) is 0 Å². The maximum Gasteiger partial charge on any atom is 0.323 e. The van der Waals surface area contributed by atoms with Crippen LogP contribution in [0, 0.1) is 11.3 Å². The number of urea groups is 1. The highest BCUT2D eigenvalue weighted by Gasteiger charge is 2.32. The van der Waals surface area contributed by atoms with Gasteiger partial charge in [-0.15, -0.1) is 11.8 Å². The number of carbonyl (C=O) groups excluding carboxylic acids is 1. The summed E-state index contributed by atoms with van der Waals surface area (Å²) in [5, 5.41) is 12.7. The predicted octanol–water partition coefficient (Wildman–Crippen LogP) is 5.14. The van der Waals surface area contributed by atoms with Crippen LogP contribution in [0.5, 0.6) is 0 Å². The van der Waals surface area contributed by atoms with Gasteiger partial charge in [-0.1, -0.05) is 35.3 Å². The van der Waals surface area contributed by atoms with Gasteiger partial charge in [-0.2, -0.15) is 5.26 Å². The molecule has 0 aromatic heterocycles. The molecule has 1 atom stereocenters. The highest BCUT2D eigenvalue weighted by atomic mass is 35.5. The Morgan fingerprint density at radius 3 is 2.88 bits per heavy atom. The van der Waals surface area contributed by atoms with Gasteiger partial charge in [-0.05, 0) is 30.3 Å². The predicted molar refractivity (Wildman–Crippen MR) is 98.5 cm³/mol. The minimum atomic E-state index is -0.217. The molecular formula is C17H13Cl2N3OS. The summed E-state index contributed by atoms with van der Waals surface area (Å²) in [5.74, 6) is 0.829. The maximum atomic E-state index is 12.6. The number of amides is 2. The normalized spacial score (nSPS) is 16.7. The number of benzene rings is 2. The standard InChI is InChI=1S/C17H13Cl2N3OS/c18-12-4-5-14(15(19)9-12)16-22(6-7-24-16)17(23)21-13-3-1-2-11(8-13)10-20/h1-5,8-9,16H,6-7H2,(H,21,23)/t16-/m1/s1. The Labute approximate surface area is 154 Å². The van der Waals surface area contributed by atoms with E-state index in [1.165, 1.54) is 0 Å². The van der Waals surface area contributed by atoms with E-state index in [1.54, 1.807) is 53.1 Å². The van der Waals surface area contributed by atoms with Crippen LogP contribution in [-0.4, -0.2) is 23.2 Å². The molecule has 2 aromatic rings. The van der Waals surface area contributed by atoms with E-state index in [1.807, 2.05) is 6.07 Å². The fourth-order valence-electron chi connectivity index (χ4n) is 2.50. The summed E-state index contributed by atoms with van der Waals surface area (Å²) in [7, 11) is 0. The molecule has 4 nitrogen and oxygen atoms in total. The van der Waals surface area contributed by atoms with Gasteiger partial charge < -0.3 is 10.2 Å². The van der Waals surface area contributed by atoms with Crippen molar-refractivity contribution >= 4 is 46.7 Å². The topological polar surface area (TPSA) is 56.1 Å².